The number of amides is 1. The molecule has 0 bridgehead atoms. The highest BCUT2D eigenvalue weighted by molar-refractivity contribution is 6.02. The van der Waals surface area contributed by atoms with E-state index in [1.807, 2.05) is 38.1 Å². The van der Waals surface area contributed by atoms with E-state index in [9.17, 15) is 4.79 Å². The Morgan fingerprint density at radius 2 is 1.87 bits per heavy atom. The van der Waals surface area contributed by atoms with E-state index in [1.54, 1.807) is 49.8 Å². The van der Waals surface area contributed by atoms with Crippen LogP contribution in [0.4, 0.5) is 5.69 Å². The number of carbonyl (C=O) groups is 1. The molecule has 0 unspecified atom stereocenters. The Labute approximate surface area is 181 Å². The highest BCUT2D eigenvalue weighted by Crippen LogP contribution is 2.40. The Hall–Kier alpha value is -3.93. The van der Waals surface area contributed by atoms with Crippen LogP contribution in [-0.4, -0.2) is 28.6 Å². The van der Waals surface area contributed by atoms with Gasteiger partial charge in [-0.05, 0) is 68.0 Å². The van der Waals surface area contributed by atoms with Crippen LogP contribution in [0.3, 0.4) is 0 Å². The lowest BCUT2D eigenvalue weighted by Crippen LogP contribution is -2.27. The van der Waals surface area contributed by atoms with Gasteiger partial charge >= 0.3 is 0 Å². The van der Waals surface area contributed by atoms with Crippen LogP contribution in [0.2, 0.25) is 0 Å². The van der Waals surface area contributed by atoms with Gasteiger partial charge in [0.2, 0.25) is 5.91 Å². The number of benzene rings is 2. The zero-order valence-corrected chi connectivity index (χ0v) is 17.6. The molecule has 1 aliphatic rings. The number of methoxy groups -OCH3 is 1. The molecule has 0 spiro atoms. The van der Waals surface area contributed by atoms with Gasteiger partial charge < -0.3 is 14.8 Å². The highest BCUT2D eigenvalue weighted by Gasteiger charge is 2.25. The summed E-state index contributed by atoms with van der Waals surface area (Å²) in [5.41, 5.74) is 3.83. The van der Waals surface area contributed by atoms with Crippen molar-refractivity contribution in [2.45, 2.75) is 19.4 Å². The molecule has 156 valence electrons. The van der Waals surface area contributed by atoms with Crippen molar-refractivity contribution in [3.05, 3.63) is 78.4 Å². The number of ether oxygens (including phenoxy) is 2. The first-order valence-corrected chi connectivity index (χ1v) is 9.88. The van der Waals surface area contributed by atoms with Crippen LogP contribution >= 0.6 is 0 Å². The van der Waals surface area contributed by atoms with Crippen LogP contribution in [0.1, 0.15) is 25.0 Å². The van der Waals surface area contributed by atoms with Crippen molar-refractivity contribution in [1.82, 2.24) is 9.97 Å². The van der Waals surface area contributed by atoms with Crippen molar-refractivity contribution < 1.29 is 14.3 Å². The first-order valence-electron chi connectivity index (χ1n) is 9.88. The zero-order valence-electron chi connectivity index (χ0n) is 17.6. The fourth-order valence-corrected chi connectivity index (χ4v) is 3.28. The maximum atomic E-state index is 12.4. The van der Waals surface area contributed by atoms with Crippen molar-refractivity contribution in [3.63, 3.8) is 0 Å². The molecule has 0 atom stereocenters. The van der Waals surface area contributed by atoms with Gasteiger partial charge in [-0.15, -0.1) is 0 Å². The second kappa shape index (κ2) is 8.44. The smallest absolute Gasteiger partial charge is 0.248 e. The maximum absolute atomic E-state index is 12.4. The minimum atomic E-state index is -0.410. The number of aromatic nitrogens is 2. The third-order valence-corrected chi connectivity index (χ3v) is 4.83. The Bertz CT molecular complexity index is 1150. The van der Waals surface area contributed by atoms with E-state index in [4.69, 9.17) is 9.47 Å². The summed E-state index contributed by atoms with van der Waals surface area (Å²) in [6.07, 6.45) is 12.3. The molecule has 6 heteroatoms. The molecule has 1 aliphatic heterocycles. The van der Waals surface area contributed by atoms with E-state index in [0.717, 1.165) is 33.8 Å². The van der Waals surface area contributed by atoms with Crippen LogP contribution in [0, 0.1) is 0 Å². The molecule has 0 saturated heterocycles. The van der Waals surface area contributed by atoms with Crippen molar-refractivity contribution in [2.75, 3.05) is 12.4 Å². The fourth-order valence-electron chi connectivity index (χ4n) is 3.28. The quantitative estimate of drug-likeness (QED) is 0.597. The Morgan fingerprint density at radius 1 is 1.13 bits per heavy atom. The molecular formula is C25H23N3O3. The van der Waals surface area contributed by atoms with E-state index >= 15 is 0 Å². The summed E-state index contributed by atoms with van der Waals surface area (Å²) in [5.74, 6) is 1.29. The molecule has 2 aromatic carbocycles. The van der Waals surface area contributed by atoms with Gasteiger partial charge in [-0.1, -0.05) is 6.08 Å². The van der Waals surface area contributed by atoms with Crippen molar-refractivity contribution >= 4 is 23.7 Å². The Kier molecular flexibility index (Phi) is 5.54. The summed E-state index contributed by atoms with van der Waals surface area (Å²) in [4.78, 5) is 20.6. The molecule has 0 radical (unpaired) electrons. The molecule has 3 aromatic rings. The fraction of sp³-hybridized carbons (Fsp3) is 0.160. The van der Waals surface area contributed by atoms with Crippen molar-refractivity contribution in [2.24, 2.45) is 0 Å². The summed E-state index contributed by atoms with van der Waals surface area (Å²) >= 11 is 0. The average Bonchev–Trinajstić information content (AvgIpc) is 2.78. The second-order valence-corrected chi connectivity index (χ2v) is 7.70. The van der Waals surface area contributed by atoms with E-state index in [1.165, 1.54) is 12.4 Å². The zero-order chi connectivity index (χ0) is 21.8. The van der Waals surface area contributed by atoms with Gasteiger partial charge in [-0.2, -0.15) is 0 Å². The van der Waals surface area contributed by atoms with E-state index < -0.39 is 5.60 Å². The first-order chi connectivity index (χ1) is 14.9. The molecule has 0 aliphatic carbocycles. The number of hydrogen-bond donors (Lipinski definition) is 1. The summed E-state index contributed by atoms with van der Waals surface area (Å²) in [6, 6.07) is 11.1. The number of rotatable bonds is 5. The SMILES string of the molecule is COc1ccc(NC(=O)C=Cc2cc3c(c(-c4cncnc4)c2)OC(C)(C)C=C3)cc1. The molecule has 2 heterocycles. The van der Waals surface area contributed by atoms with Gasteiger partial charge in [-0.3, -0.25) is 4.79 Å². The van der Waals surface area contributed by atoms with Gasteiger partial charge in [0.25, 0.3) is 0 Å². The van der Waals surface area contributed by atoms with Gasteiger partial charge in [-0.25, -0.2) is 9.97 Å². The number of fused-ring (bicyclic) bond motifs is 1. The van der Waals surface area contributed by atoms with Crippen LogP contribution in [0.25, 0.3) is 23.3 Å². The minimum absolute atomic E-state index is 0.222. The maximum Gasteiger partial charge on any atom is 0.248 e. The number of nitrogens with one attached hydrogen (secondary N) is 1. The van der Waals surface area contributed by atoms with Crippen LogP contribution in [0.15, 0.2) is 67.3 Å². The van der Waals surface area contributed by atoms with Gasteiger partial charge in [0.15, 0.2) is 0 Å². The molecule has 1 amide bonds. The molecule has 1 aromatic heterocycles. The number of nitrogens with zero attached hydrogens (tertiary/aromatic N) is 2. The van der Waals surface area contributed by atoms with Crippen LogP contribution in [-0.2, 0) is 4.79 Å². The monoisotopic (exact) mass is 413 g/mol. The van der Waals surface area contributed by atoms with Gasteiger partial charge in [0, 0.05) is 40.8 Å². The van der Waals surface area contributed by atoms with E-state index in [2.05, 4.69) is 15.3 Å². The van der Waals surface area contributed by atoms with Crippen LogP contribution in [0.5, 0.6) is 11.5 Å². The predicted molar refractivity (Wildman–Crippen MR) is 122 cm³/mol. The summed E-state index contributed by atoms with van der Waals surface area (Å²) < 4.78 is 11.4. The molecule has 1 N–H and O–H groups in total. The molecule has 4 rings (SSSR count). The third-order valence-electron chi connectivity index (χ3n) is 4.83. The first kappa shape index (κ1) is 20.3. The standard InChI is InChI=1S/C25H23N3O3/c1-25(2)11-10-18-12-17(13-22(24(18)31-25)19-14-26-16-27-15-19)4-9-23(29)28-20-5-7-21(30-3)8-6-20/h4-16H,1-3H3,(H,28,29). The average molecular weight is 413 g/mol. The van der Waals surface area contributed by atoms with Crippen molar-refractivity contribution in [1.29, 1.82) is 0 Å². The summed E-state index contributed by atoms with van der Waals surface area (Å²) in [7, 11) is 1.60. The predicted octanol–water partition coefficient (Wildman–Crippen LogP) is 4.99. The highest BCUT2D eigenvalue weighted by atomic mass is 16.5. The number of carbonyl (C=O) groups excluding carboxylic acids is 1. The number of hydrogen-bond acceptors (Lipinski definition) is 5. The van der Waals surface area contributed by atoms with Gasteiger partial charge in [0.1, 0.15) is 23.4 Å². The summed E-state index contributed by atoms with van der Waals surface area (Å²) in [5, 5.41) is 2.84. The number of anilines is 1. The molecule has 6 nitrogen and oxygen atoms in total. The molecular weight excluding hydrogens is 390 g/mol. The molecule has 31 heavy (non-hydrogen) atoms. The van der Waals surface area contributed by atoms with E-state index in [0.29, 0.717) is 5.69 Å². The second-order valence-electron chi connectivity index (χ2n) is 7.70. The molecule has 0 saturated carbocycles. The molecule has 0 fully saturated rings. The normalized spacial score (nSPS) is 14.0. The topological polar surface area (TPSA) is 73.3 Å². The lowest BCUT2D eigenvalue weighted by molar-refractivity contribution is -0.111. The summed E-state index contributed by atoms with van der Waals surface area (Å²) in [6.45, 7) is 4.02. The third kappa shape index (κ3) is 4.80. The Balaban J connectivity index is 1.62. The van der Waals surface area contributed by atoms with Crippen LogP contribution < -0.4 is 14.8 Å². The Morgan fingerprint density at radius 3 is 2.58 bits per heavy atom. The van der Waals surface area contributed by atoms with Gasteiger partial charge in [0.05, 0.1) is 7.11 Å². The largest absolute Gasteiger partial charge is 0.497 e. The lowest BCUT2D eigenvalue weighted by Gasteiger charge is -2.29. The van der Waals surface area contributed by atoms with Crippen molar-refractivity contribution in [3.8, 4) is 22.6 Å². The minimum Gasteiger partial charge on any atom is -0.497 e. The lowest BCUT2D eigenvalue weighted by atomic mass is 9.95. The van der Waals surface area contributed by atoms with E-state index in [-0.39, 0.29) is 5.91 Å².